The van der Waals surface area contributed by atoms with Gasteiger partial charge in [-0.05, 0) is 42.7 Å². The van der Waals surface area contributed by atoms with E-state index < -0.39 is 0 Å². The monoisotopic (exact) mass is 407 g/mol. The molecule has 1 amide bonds. The van der Waals surface area contributed by atoms with Crippen LogP contribution in [0.5, 0.6) is 17.2 Å². The lowest BCUT2D eigenvalue weighted by Crippen LogP contribution is -2.30. The number of ether oxygens (including phenoxy) is 3. The first-order valence-corrected chi connectivity index (χ1v) is 9.57. The van der Waals surface area contributed by atoms with Crippen molar-refractivity contribution in [3.63, 3.8) is 0 Å². The van der Waals surface area contributed by atoms with Gasteiger partial charge in [0, 0.05) is 12.1 Å². The van der Waals surface area contributed by atoms with Gasteiger partial charge in [0.15, 0.2) is 17.2 Å². The van der Waals surface area contributed by atoms with Gasteiger partial charge in [-0.3, -0.25) is 4.79 Å². The fraction of sp³-hybridized carbons (Fsp3) is 0.350. The van der Waals surface area contributed by atoms with E-state index in [-0.39, 0.29) is 11.9 Å². The number of amides is 1. The molecule has 0 aliphatic carbocycles. The van der Waals surface area contributed by atoms with Crippen molar-refractivity contribution in [1.82, 2.24) is 4.90 Å². The molecule has 27 heavy (non-hydrogen) atoms. The molecule has 0 radical (unpaired) electrons. The molecule has 0 spiro atoms. The van der Waals surface area contributed by atoms with Crippen molar-refractivity contribution in [2.75, 3.05) is 26.9 Å². The number of halogens is 2. The Labute approximate surface area is 167 Å². The Balaban J connectivity index is 1.62. The number of likely N-dealkylation sites (tertiary alicyclic amines) is 1. The second-order valence-corrected chi connectivity index (χ2v) is 7.35. The van der Waals surface area contributed by atoms with E-state index in [9.17, 15) is 4.79 Å². The van der Waals surface area contributed by atoms with Crippen LogP contribution in [0.15, 0.2) is 30.3 Å². The molecule has 0 N–H and O–H groups in total. The maximum atomic E-state index is 13.1. The molecule has 142 valence electrons. The maximum absolute atomic E-state index is 13.1. The van der Waals surface area contributed by atoms with E-state index in [1.165, 1.54) is 7.11 Å². The predicted octanol–water partition coefficient (Wildman–Crippen LogP) is 4.75. The van der Waals surface area contributed by atoms with Crippen LogP contribution in [-0.2, 0) is 0 Å². The highest BCUT2D eigenvalue weighted by Crippen LogP contribution is 2.40. The van der Waals surface area contributed by atoms with E-state index in [1.54, 1.807) is 12.1 Å². The number of methoxy groups -OCH3 is 1. The van der Waals surface area contributed by atoms with Crippen LogP contribution in [0.4, 0.5) is 0 Å². The second kappa shape index (κ2) is 7.49. The number of hydrogen-bond acceptors (Lipinski definition) is 4. The van der Waals surface area contributed by atoms with E-state index in [0.717, 1.165) is 29.9 Å². The van der Waals surface area contributed by atoms with E-state index in [2.05, 4.69) is 0 Å². The number of nitrogens with zero attached hydrogens (tertiary/aromatic N) is 1. The summed E-state index contributed by atoms with van der Waals surface area (Å²) in [6.07, 6.45) is 1.82. The summed E-state index contributed by atoms with van der Waals surface area (Å²) in [6, 6.07) is 9.07. The summed E-state index contributed by atoms with van der Waals surface area (Å²) in [5.74, 6) is 1.75. The van der Waals surface area contributed by atoms with Gasteiger partial charge in [-0.25, -0.2) is 0 Å². The minimum Gasteiger partial charge on any atom is -0.494 e. The molecule has 4 rings (SSSR count). The average molecular weight is 408 g/mol. The van der Waals surface area contributed by atoms with Gasteiger partial charge in [-0.1, -0.05) is 29.3 Å². The highest BCUT2D eigenvalue weighted by atomic mass is 35.5. The summed E-state index contributed by atoms with van der Waals surface area (Å²) in [7, 11) is 1.49. The van der Waals surface area contributed by atoms with Crippen LogP contribution >= 0.6 is 23.2 Å². The highest BCUT2D eigenvalue weighted by molar-refractivity contribution is 6.37. The number of rotatable bonds is 3. The molecule has 1 saturated heterocycles. The van der Waals surface area contributed by atoms with Crippen LogP contribution in [0.2, 0.25) is 10.0 Å². The van der Waals surface area contributed by atoms with Gasteiger partial charge in [0.05, 0.1) is 23.2 Å². The molecule has 2 aromatic rings. The SMILES string of the molecule is COc1c(Cl)cc(C(=O)N2CCCC2c2ccc3c(c2)OCCO3)cc1Cl. The molecule has 0 bridgehead atoms. The fourth-order valence-corrected chi connectivity index (χ4v) is 4.31. The fourth-order valence-electron chi connectivity index (χ4n) is 3.67. The summed E-state index contributed by atoms with van der Waals surface area (Å²) in [5, 5.41) is 0.645. The zero-order valence-corrected chi connectivity index (χ0v) is 16.3. The zero-order chi connectivity index (χ0) is 19.0. The van der Waals surface area contributed by atoms with E-state index >= 15 is 0 Å². The molecular weight excluding hydrogens is 389 g/mol. The highest BCUT2D eigenvalue weighted by Gasteiger charge is 2.32. The Kier molecular flexibility index (Phi) is 5.06. The molecule has 1 atom stereocenters. The Hall–Kier alpha value is -2.11. The minimum atomic E-state index is -0.0983. The third-order valence-corrected chi connectivity index (χ3v) is 5.48. The first kappa shape index (κ1) is 18.3. The van der Waals surface area contributed by atoms with Crippen molar-refractivity contribution in [2.45, 2.75) is 18.9 Å². The van der Waals surface area contributed by atoms with Crippen LogP contribution in [-0.4, -0.2) is 37.7 Å². The Bertz CT molecular complexity index is 863. The summed E-state index contributed by atoms with van der Waals surface area (Å²) in [5.41, 5.74) is 1.49. The summed E-state index contributed by atoms with van der Waals surface area (Å²) in [4.78, 5) is 15.0. The molecule has 0 saturated carbocycles. The molecule has 2 heterocycles. The van der Waals surface area contributed by atoms with Gasteiger partial charge in [-0.2, -0.15) is 0 Å². The Morgan fingerprint density at radius 1 is 1.11 bits per heavy atom. The molecule has 2 aliphatic rings. The van der Waals surface area contributed by atoms with Crippen molar-refractivity contribution in [3.8, 4) is 17.2 Å². The third kappa shape index (κ3) is 3.42. The molecule has 0 aromatic heterocycles. The summed E-state index contributed by atoms with van der Waals surface area (Å²) < 4.78 is 16.4. The van der Waals surface area contributed by atoms with Gasteiger partial charge >= 0.3 is 0 Å². The topological polar surface area (TPSA) is 48.0 Å². The molecule has 1 fully saturated rings. The van der Waals surface area contributed by atoms with Crippen molar-refractivity contribution in [3.05, 3.63) is 51.5 Å². The quantitative estimate of drug-likeness (QED) is 0.736. The van der Waals surface area contributed by atoms with Crippen LogP contribution in [0.3, 0.4) is 0 Å². The first-order chi connectivity index (χ1) is 13.1. The van der Waals surface area contributed by atoms with Gasteiger partial charge in [-0.15, -0.1) is 0 Å². The third-order valence-electron chi connectivity index (χ3n) is 4.91. The molecule has 2 aliphatic heterocycles. The lowest BCUT2D eigenvalue weighted by molar-refractivity contribution is 0.0735. The number of carbonyl (C=O) groups excluding carboxylic acids is 1. The first-order valence-electron chi connectivity index (χ1n) is 8.82. The predicted molar refractivity (Wildman–Crippen MR) is 103 cm³/mol. The van der Waals surface area contributed by atoms with E-state index in [1.807, 2.05) is 23.1 Å². The average Bonchev–Trinajstić information content (AvgIpc) is 3.16. The number of benzene rings is 2. The minimum absolute atomic E-state index is 0.0204. The van der Waals surface area contributed by atoms with E-state index in [0.29, 0.717) is 41.1 Å². The molecule has 5 nitrogen and oxygen atoms in total. The van der Waals surface area contributed by atoms with Gasteiger partial charge in [0.25, 0.3) is 5.91 Å². The van der Waals surface area contributed by atoms with Crippen molar-refractivity contribution < 1.29 is 19.0 Å². The van der Waals surface area contributed by atoms with Crippen molar-refractivity contribution in [1.29, 1.82) is 0 Å². The van der Waals surface area contributed by atoms with Gasteiger partial charge in [0.2, 0.25) is 0 Å². The van der Waals surface area contributed by atoms with Crippen LogP contribution in [0.1, 0.15) is 34.8 Å². The van der Waals surface area contributed by atoms with Crippen LogP contribution < -0.4 is 14.2 Å². The lowest BCUT2D eigenvalue weighted by Gasteiger charge is -2.27. The normalized spacial score (nSPS) is 18.5. The zero-order valence-electron chi connectivity index (χ0n) is 14.8. The number of carbonyl (C=O) groups is 1. The molecule has 7 heteroatoms. The van der Waals surface area contributed by atoms with Gasteiger partial charge in [0.1, 0.15) is 13.2 Å². The standard InChI is InChI=1S/C20H19Cl2NO4/c1-25-19-14(21)9-13(10-15(19)22)20(24)23-6-2-3-16(23)12-4-5-17-18(11-12)27-8-7-26-17/h4-5,9-11,16H,2-3,6-8H2,1H3. The molecule has 1 unspecified atom stereocenters. The van der Waals surface area contributed by atoms with Crippen molar-refractivity contribution >= 4 is 29.1 Å². The number of hydrogen-bond donors (Lipinski definition) is 0. The lowest BCUT2D eigenvalue weighted by atomic mass is 10.0. The summed E-state index contributed by atoms with van der Waals surface area (Å²) >= 11 is 12.4. The number of fused-ring (bicyclic) bond motifs is 1. The molecular formula is C20H19Cl2NO4. The molecule has 2 aromatic carbocycles. The van der Waals surface area contributed by atoms with Crippen molar-refractivity contribution in [2.24, 2.45) is 0 Å². The van der Waals surface area contributed by atoms with Gasteiger partial charge < -0.3 is 19.1 Å². The summed E-state index contributed by atoms with van der Waals surface area (Å²) in [6.45, 7) is 1.77. The van der Waals surface area contributed by atoms with Crippen LogP contribution in [0, 0.1) is 0 Å². The largest absolute Gasteiger partial charge is 0.494 e. The smallest absolute Gasteiger partial charge is 0.254 e. The second-order valence-electron chi connectivity index (χ2n) is 6.53. The Morgan fingerprint density at radius 3 is 2.52 bits per heavy atom. The van der Waals surface area contributed by atoms with Crippen LogP contribution in [0.25, 0.3) is 0 Å². The van der Waals surface area contributed by atoms with E-state index in [4.69, 9.17) is 37.4 Å². The Morgan fingerprint density at radius 2 is 1.81 bits per heavy atom. The maximum Gasteiger partial charge on any atom is 0.254 e.